The third-order valence-corrected chi connectivity index (χ3v) is 2.31. The SMILES string of the molecule is C=C/C(=C\CC)C(C)C(=O)NC(=O)CCC.C=CC.CC. The Kier molecular flexibility index (Phi) is 21.3. The van der Waals surface area contributed by atoms with Gasteiger partial charge in [0.25, 0.3) is 0 Å². The summed E-state index contributed by atoms with van der Waals surface area (Å²) in [5, 5.41) is 2.39. The molecule has 0 saturated carbocycles. The maximum Gasteiger partial charge on any atom is 0.233 e. The number of nitrogens with one attached hydrogen (secondary N) is 1. The van der Waals surface area contributed by atoms with Crippen molar-refractivity contribution < 1.29 is 9.59 Å². The second-order valence-electron chi connectivity index (χ2n) is 4.11. The van der Waals surface area contributed by atoms with Crippen molar-refractivity contribution in [1.29, 1.82) is 0 Å². The number of allylic oxidation sites excluding steroid dienone is 3. The average Bonchev–Trinajstić information content (AvgIpc) is 2.47. The van der Waals surface area contributed by atoms with Gasteiger partial charge in [0.15, 0.2) is 0 Å². The van der Waals surface area contributed by atoms with Gasteiger partial charge < -0.3 is 0 Å². The van der Waals surface area contributed by atoms with Gasteiger partial charge in [-0.3, -0.25) is 14.9 Å². The summed E-state index contributed by atoms with van der Waals surface area (Å²) in [6.45, 7) is 18.6. The van der Waals surface area contributed by atoms with E-state index in [1.54, 1.807) is 19.1 Å². The fourth-order valence-corrected chi connectivity index (χ4v) is 1.36. The van der Waals surface area contributed by atoms with Gasteiger partial charge >= 0.3 is 0 Å². The third-order valence-electron chi connectivity index (χ3n) is 2.31. The van der Waals surface area contributed by atoms with E-state index >= 15 is 0 Å². The summed E-state index contributed by atoms with van der Waals surface area (Å²) >= 11 is 0. The van der Waals surface area contributed by atoms with Gasteiger partial charge in [0, 0.05) is 6.42 Å². The van der Waals surface area contributed by atoms with Crippen LogP contribution in [0.3, 0.4) is 0 Å². The van der Waals surface area contributed by atoms with Crippen LogP contribution in [0.25, 0.3) is 0 Å². The van der Waals surface area contributed by atoms with Crippen LogP contribution in [0.1, 0.15) is 60.8 Å². The molecule has 1 N–H and O–H groups in total. The van der Waals surface area contributed by atoms with Crippen LogP contribution in [0.4, 0.5) is 0 Å². The van der Waals surface area contributed by atoms with Crippen LogP contribution >= 0.6 is 0 Å². The Morgan fingerprint density at radius 2 is 1.67 bits per heavy atom. The predicted octanol–water partition coefficient (Wildman–Crippen LogP) is 4.81. The maximum absolute atomic E-state index is 11.7. The van der Waals surface area contributed by atoms with Gasteiger partial charge in [-0.15, -0.1) is 6.58 Å². The van der Waals surface area contributed by atoms with Crippen LogP contribution in [-0.4, -0.2) is 11.8 Å². The Hall–Kier alpha value is -1.64. The lowest BCUT2D eigenvalue weighted by atomic mass is 9.99. The summed E-state index contributed by atoms with van der Waals surface area (Å²) in [6.07, 6.45) is 7.34. The van der Waals surface area contributed by atoms with Crippen LogP contribution in [0, 0.1) is 5.92 Å². The Morgan fingerprint density at radius 3 is 2.00 bits per heavy atom. The molecule has 0 aromatic rings. The molecule has 21 heavy (non-hydrogen) atoms. The Balaban J connectivity index is -0.000000569. The largest absolute Gasteiger partial charge is 0.296 e. The monoisotopic (exact) mass is 295 g/mol. The number of amides is 2. The minimum Gasteiger partial charge on any atom is -0.296 e. The highest BCUT2D eigenvalue weighted by atomic mass is 16.2. The molecular weight excluding hydrogens is 262 g/mol. The molecule has 0 saturated heterocycles. The fourth-order valence-electron chi connectivity index (χ4n) is 1.36. The summed E-state index contributed by atoms with van der Waals surface area (Å²) in [6, 6.07) is 0. The Labute approximate surface area is 131 Å². The van der Waals surface area contributed by atoms with Crippen LogP contribution in [0.2, 0.25) is 0 Å². The molecule has 0 aliphatic rings. The quantitative estimate of drug-likeness (QED) is 0.565. The van der Waals surface area contributed by atoms with Crippen LogP contribution < -0.4 is 5.32 Å². The van der Waals surface area contributed by atoms with E-state index in [0.29, 0.717) is 6.42 Å². The summed E-state index contributed by atoms with van der Waals surface area (Å²) in [4.78, 5) is 22.9. The molecule has 2 amide bonds. The number of hydrogen-bond donors (Lipinski definition) is 1. The maximum atomic E-state index is 11.7. The van der Waals surface area contributed by atoms with E-state index in [-0.39, 0.29) is 17.7 Å². The molecule has 0 bridgehead atoms. The summed E-state index contributed by atoms with van der Waals surface area (Å²) in [5.41, 5.74) is 0.865. The molecule has 1 atom stereocenters. The molecule has 0 radical (unpaired) electrons. The molecule has 122 valence electrons. The van der Waals surface area contributed by atoms with Gasteiger partial charge in [0.05, 0.1) is 5.92 Å². The zero-order valence-corrected chi connectivity index (χ0v) is 14.7. The lowest BCUT2D eigenvalue weighted by molar-refractivity contribution is -0.131. The van der Waals surface area contributed by atoms with Crippen LogP contribution in [0.15, 0.2) is 37.0 Å². The standard InChI is InChI=1S/C13H21NO2.C3H6.C2H6/c1-5-8-11(7-3)10(4)13(16)14-12(15)9-6-2;1-3-2;1-2/h7-8,10H,3,5-6,9H2,1-2,4H3,(H,14,15,16);3H,1H2,2H3;1-2H3/b11-8+;;. The molecule has 3 heteroatoms. The van der Waals surface area contributed by atoms with E-state index in [0.717, 1.165) is 18.4 Å². The summed E-state index contributed by atoms with van der Waals surface area (Å²) < 4.78 is 0. The van der Waals surface area contributed by atoms with Crippen molar-refractivity contribution >= 4 is 11.8 Å². The predicted molar refractivity (Wildman–Crippen MR) is 93.0 cm³/mol. The molecule has 0 aliphatic heterocycles. The lowest BCUT2D eigenvalue weighted by Gasteiger charge is -2.12. The third kappa shape index (κ3) is 14.6. The highest BCUT2D eigenvalue weighted by molar-refractivity contribution is 5.97. The van der Waals surface area contributed by atoms with Crippen molar-refractivity contribution in [2.45, 2.75) is 60.8 Å². The topological polar surface area (TPSA) is 46.2 Å². The van der Waals surface area contributed by atoms with Gasteiger partial charge in [-0.05, 0) is 32.3 Å². The fraction of sp³-hybridized carbons (Fsp3) is 0.556. The number of imide groups is 1. The van der Waals surface area contributed by atoms with E-state index in [9.17, 15) is 9.59 Å². The molecule has 0 aromatic heterocycles. The lowest BCUT2D eigenvalue weighted by Crippen LogP contribution is -2.34. The normalized spacial score (nSPS) is 10.9. The Bertz CT molecular complexity index is 330. The first-order chi connectivity index (χ1) is 9.98. The first-order valence-electron chi connectivity index (χ1n) is 7.71. The van der Waals surface area contributed by atoms with E-state index in [4.69, 9.17) is 0 Å². The molecule has 1 unspecified atom stereocenters. The molecule has 0 aliphatic carbocycles. The summed E-state index contributed by atoms with van der Waals surface area (Å²) in [7, 11) is 0. The minimum absolute atomic E-state index is 0.209. The molecule has 0 heterocycles. The first kappa shape index (κ1) is 24.4. The molecule has 0 fully saturated rings. The second kappa shape index (κ2) is 18.4. The average molecular weight is 295 g/mol. The highest BCUT2D eigenvalue weighted by Gasteiger charge is 2.17. The van der Waals surface area contributed by atoms with E-state index in [1.165, 1.54) is 0 Å². The smallest absolute Gasteiger partial charge is 0.233 e. The first-order valence-corrected chi connectivity index (χ1v) is 7.71. The zero-order valence-electron chi connectivity index (χ0n) is 14.7. The van der Waals surface area contributed by atoms with Gasteiger partial charge in [-0.25, -0.2) is 0 Å². The Morgan fingerprint density at radius 1 is 1.19 bits per heavy atom. The van der Waals surface area contributed by atoms with Gasteiger partial charge in [-0.1, -0.05) is 52.5 Å². The van der Waals surface area contributed by atoms with Gasteiger partial charge in [-0.2, -0.15) is 0 Å². The molecular formula is C18H33NO2. The van der Waals surface area contributed by atoms with E-state index in [2.05, 4.69) is 18.5 Å². The molecule has 0 rings (SSSR count). The minimum atomic E-state index is -0.321. The van der Waals surface area contributed by atoms with Crippen molar-refractivity contribution in [2.24, 2.45) is 5.92 Å². The van der Waals surface area contributed by atoms with Crippen molar-refractivity contribution in [3.05, 3.63) is 37.0 Å². The van der Waals surface area contributed by atoms with Gasteiger partial charge in [0.2, 0.25) is 11.8 Å². The van der Waals surface area contributed by atoms with Gasteiger partial charge in [0.1, 0.15) is 0 Å². The summed E-state index contributed by atoms with van der Waals surface area (Å²) in [5.74, 6) is -0.782. The van der Waals surface area contributed by atoms with Crippen LogP contribution in [0.5, 0.6) is 0 Å². The van der Waals surface area contributed by atoms with Crippen molar-refractivity contribution in [3.8, 4) is 0 Å². The highest BCUT2D eigenvalue weighted by Crippen LogP contribution is 2.12. The van der Waals surface area contributed by atoms with Crippen molar-refractivity contribution in [2.75, 3.05) is 0 Å². The van der Waals surface area contributed by atoms with E-state index < -0.39 is 0 Å². The number of hydrogen-bond acceptors (Lipinski definition) is 2. The van der Waals surface area contributed by atoms with Crippen molar-refractivity contribution in [3.63, 3.8) is 0 Å². The second-order valence-corrected chi connectivity index (χ2v) is 4.11. The number of carbonyl (C=O) groups is 2. The van der Waals surface area contributed by atoms with Crippen LogP contribution in [-0.2, 0) is 9.59 Å². The number of carbonyl (C=O) groups excluding carboxylic acids is 2. The zero-order chi connectivity index (χ0) is 17.3. The molecule has 3 nitrogen and oxygen atoms in total. The number of rotatable bonds is 6. The molecule has 0 spiro atoms. The van der Waals surface area contributed by atoms with Crippen molar-refractivity contribution in [1.82, 2.24) is 5.32 Å². The van der Waals surface area contributed by atoms with E-state index in [1.807, 2.05) is 40.7 Å². The molecule has 0 aromatic carbocycles.